The maximum absolute atomic E-state index is 12.2. The molecule has 1 aromatic rings. The van der Waals surface area contributed by atoms with Crippen molar-refractivity contribution in [3.05, 3.63) is 23.9 Å². The molecule has 0 spiro atoms. The lowest BCUT2D eigenvalue weighted by Crippen LogP contribution is -2.45. The molecule has 0 aliphatic carbocycles. The van der Waals surface area contributed by atoms with E-state index in [9.17, 15) is 9.59 Å². The third-order valence-electron chi connectivity index (χ3n) is 3.93. The smallest absolute Gasteiger partial charge is 0.340 e. The molecule has 1 atom stereocenters. The molecular formula is C16H22N2O4. The Hall–Kier alpha value is -2.11. The van der Waals surface area contributed by atoms with Crippen molar-refractivity contribution < 1.29 is 19.1 Å². The highest BCUT2D eigenvalue weighted by atomic mass is 16.5. The number of carbonyl (C=O) groups excluding carboxylic acids is 2. The average Bonchev–Trinajstić information content (AvgIpc) is 2.59. The van der Waals surface area contributed by atoms with Crippen LogP contribution in [-0.4, -0.2) is 48.1 Å². The second kappa shape index (κ2) is 7.77. The van der Waals surface area contributed by atoms with Gasteiger partial charge in [0.05, 0.1) is 12.7 Å². The Morgan fingerprint density at radius 2 is 2.18 bits per heavy atom. The van der Waals surface area contributed by atoms with Gasteiger partial charge in [-0.05, 0) is 31.7 Å². The molecule has 1 saturated heterocycles. The first kappa shape index (κ1) is 16.3. The molecular weight excluding hydrogens is 284 g/mol. The number of rotatable bonds is 5. The minimum atomic E-state index is -0.548. The molecule has 1 aliphatic heterocycles. The summed E-state index contributed by atoms with van der Waals surface area (Å²) in [6.07, 6.45) is 5.50. The predicted octanol–water partition coefficient (Wildman–Crippen LogP) is 2.04. The normalized spacial score (nSPS) is 17.9. The van der Waals surface area contributed by atoms with Gasteiger partial charge >= 0.3 is 5.97 Å². The summed E-state index contributed by atoms with van der Waals surface area (Å²) in [6, 6.07) is 3.41. The van der Waals surface area contributed by atoms with Crippen LogP contribution in [0.4, 0.5) is 0 Å². The molecule has 120 valence electrons. The zero-order chi connectivity index (χ0) is 15.9. The van der Waals surface area contributed by atoms with Crippen LogP contribution in [0.5, 0.6) is 5.88 Å². The summed E-state index contributed by atoms with van der Waals surface area (Å²) in [6.45, 7) is 2.60. The van der Waals surface area contributed by atoms with E-state index in [1.54, 1.807) is 12.1 Å². The van der Waals surface area contributed by atoms with Gasteiger partial charge in [0.15, 0.2) is 6.61 Å². The fraction of sp³-hybridized carbons (Fsp3) is 0.562. The van der Waals surface area contributed by atoms with Gasteiger partial charge in [0.25, 0.3) is 5.91 Å². The highest BCUT2D eigenvalue weighted by Crippen LogP contribution is 2.19. The van der Waals surface area contributed by atoms with Crippen LogP contribution in [0.25, 0.3) is 0 Å². The Labute approximate surface area is 130 Å². The van der Waals surface area contributed by atoms with E-state index < -0.39 is 5.97 Å². The van der Waals surface area contributed by atoms with Crippen molar-refractivity contribution in [2.75, 3.05) is 20.3 Å². The van der Waals surface area contributed by atoms with Crippen LogP contribution in [0.2, 0.25) is 0 Å². The van der Waals surface area contributed by atoms with Crippen molar-refractivity contribution in [2.45, 2.75) is 38.6 Å². The molecule has 0 radical (unpaired) electrons. The lowest BCUT2D eigenvalue weighted by atomic mass is 10.00. The Kier molecular flexibility index (Phi) is 5.75. The molecule has 1 aliphatic rings. The second-order valence-electron chi connectivity index (χ2n) is 5.31. The van der Waals surface area contributed by atoms with Crippen molar-refractivity contribution in [3.8, 4) is 5.88 Å². The van der Waals surface area contributed by atoms with Crippen LogP contribution in [0.3, 0.4) is 0 Å². The van der Waals surface area contributed by atoms with Gasteiger partial charge in [-0.25, -0.2) is 9.78 Å². The number of hydrogen-bond acceptors (Lipinski definition) is 5. The van der Waals surface area contributed by atoms with E-state index in [4.69, 9.17) is 9.47 Å². The number of piperidine rings is 1. The number of esters is 1. The van der Waals surface area contributed by atoms with Crippen LogP contribution in [-0.2, 0) is 9.53 Å². The molecule has 2 heterocycles. The van der Waals surface area contributed by atoms with Crippen LogP contribution in [0.1, 0.15) is 43.0 Å². The topological polar surface area (TPSA) is 68.7 Å². The minimum Gasteiger partial charge on any atom is -0.481 e. The number of pyridine rings is 1. The molecule has 1 amide bonds. The number of likely N-dealkylation sites (tertiary alicyclic amines) is 1. The maximum Gasteiger partial charge on any atom is 0.340 e. The summed E-state index contributed by atoms with van der Waals surface area (Å²) >= 11 is 0. The molecule has 6 nitrogen and oxygen atoms in total. The maximum atomic E-state index is 12.2. The molecule has 1 fully saturated rings. The first-order valence-corrected chi connectivity index (χ1v) is 7.62. The third kappa shape index (κ3) is 3.96. The zero-order valence-electron chi connectivity index (χ0n) is 13.1. The SMILES string of the molecule is CCC1CCCCN1C(=O)COC(=O)c1ccc(OC)nc1. The highest BCUT2D eigenvalue weighted by molar-refractivity contribution is 5.91. The monoisotopic (exact) mass is 306 g/mol. The first-order valence-electron chi connectivity index (χ1n) is 7.62. The largest absolute Gasteiger partial charge is 0.481 e. The predicted molar refractivity (Wildman–Crippen MR) is 80.7 cm³/mol. The standard InChI is InChI=1S/C16H22N2O4/c1-3-13-6-4-5-9-18(13)15(19)11-22-16(20)12-7-8-14(21-2)17-10-12/h7-8,10,13H,3-6,9,11H2,1-2H3. The van der Waals surface area contributed by atoms with Crippen molar-refractivity contribution in [3.63, 3.8) is 0 Å². The van der Waals surface area contributed by atoms with E-state index >= 15 is 0 Å². The summed E-state index contributed by atoms with van der Waals surface area (Å²) in [7, 11) is 1.50. The van der Waals surface area contributed by atoms with Crippen molar-refractivity contribution in [1.82, 2.24) is 9.88 Å². The Balaban J connectivity index is 1.88. The molecule has 2 rings (SSSR count). The van der Waals surface area contributed by atoms with Gasteiger partial charge in [-0.2, -0.15) is 0 Å². The van der Waals surface area contributed by atoms with E-state index in [0.717, 1.165) is 32.2 Å². The number of methoxy groups -OCH3 is 1. The molecule has 22 heavy (non-hydrogen) atoms. The molecule has 6 heteroatoms. The molecule has 0 saturated carbocycles. The third-order valence-corrected chi connectivity index (χ3v) is 3.93. The van der Waals surface area contributed by atoms with E-state index in [-0.39, 0.29) is 18.6 Å². The van der Waals surface area contributed by atoms with Crippen LogP contribution in [0.15, 0.2) is 18.3 Å². The fourth-order valence-corrected chi connectivity index (χ4v) is 2.67. The lowest BCUT2D eigenvalue weighted by Gasteiger charge is -2.35. The summed E-state index contributed by atoms with van der Waals surface area (Å²) < 4.78 is 10.0. The van der Waals surface area contributed by atoms with E-state index in [0.29, 0.717) is 11.4 Å². The van der Waals surface area contributed by atoms with Gasteiger partial charge in [-0.3, -0.25) is 4.79 Å². The second-order valence-corrected chi connectivity index (χ2v) is 5.31. The number of ether oxygens (including phenoxy) is 2. The van der Waals surface area contributed by atoms with Gasteiger partial charge in [-0.1, -0.05) is 6.92 Å². The first-order chi connectivity index (χ1) is 10.7. The molecule has 1 aromatic heterocycles. The van der Waals surface area contributed by atoms with Gasteiger partial charge < -0.3 is 14.4 Å². The van der Waals surface area contributed by atoms with Crippen molar-refractivity contribution in [1.29, 1.82) is 0 Å². The number of hydrogen-bond donors (Lipinski definition) is 0. The minimum absolute atomic E-state index is 0.124. The summed E-state index contributed by atoms with van der Waals surface area (Å²) in [5, 5.41) is 0. The van der Waals surface area contributed by atoms with Gasteiger partial charge in [-0.15, -0.1) is 0 Å². The van der Waals surface area contributed by atoms with E-state index in [1.165, 1.54) is 13.3 Å². The van der Waals surface area contributed by atoms with Gasteiger partial charge in [0, 0.05) is 24.8 Å². The zero-order valence-corrected chi connectivity index (χ0v) is 13.1. The number of carbonyl (C=O) groups is 2. The van der Waals surface area contributed by atoms with Gasteiger partial charge in [0.2, 0.25) is 5.88 Å². The molecule has 0 N–H and O–H groups in total. The summed E-state index contributed by atoms with van der Waals surface area (Å²) in [5.74, 6) is -0.248. The lowest BCUT2D eigenvalue weighted by molar-refractivity contribution is -0.138. The van der Waals surface area contributed by atoms with E-state index in [1.807, 2.05) is 4.90 Å². The summed E-state index contributed by atoms with van der Waals surface area (Å²) in [4.78, 5) is 29.9. The molecule has 1 unspecified atom stereocenters. The quantitative estimate of drug-likeness (QED) is 0.779. The van der Waals surface area contributed by atoms with Crippen LogP contribution >= 0.6 is 0 Å². The molecule has 0 bridgehead atoms. The Morgan fingerprint density at radius 1 is 1.36 bits per heavy atom. The van der Waals surface area contributed by atoms with Crippen LogP contribution < -0.4 is 4.74 Å². The molecule has 0 aromatic carbocycles. The average molecular weight is 306 g/mol. The van der Waals surface area contributed by atoms with Crippen LogP contribution in [0, 0.1) is 0 Å². The fourth-order valence-electron chi connectivity index (χ4n) is 2.67. The summed E-state index contributed by atoms with van der Waals surface area (Å²) in [5.41, 5.74) is 0.305. The van der Waals surface area contributed by atoms with Crippen molar-refractivity contribution >= 4 is 11.9 Å². The number of aromatic nitrogens is 1. The van der Waals surface area contributed by atoms with E-state index in [2.05, 4.69) is 11.9 Å². The highest BCUT2D eigenvalue weighted by Gasteiger charge is 2.26. The number of amides is 1. The Morgan fingerprint density at radius 3 is 2.82 bits per heavy atom. The van der Waals surface area contributed by atoms with Crippen molar-refractivity contribution in [2.24, 2.45) is 0 Å². The number of nitrogens with zero attached hydrogens (tertiary/aromatic N) is 2. The van der Waals surface area contributed by atoms with Gasteiger partial charge in [0.1, 0.15) is 0 Å². The Bertz CT molecular complexity index is 515.